The second-order valence-corrected chi connectivity index (χ2v) is 3.28. The van der Waals surface area contributed by atoms with Gasteiger partial charge in [-0.1, -0.05) is 13.8 Å². The van der Waals surface area contributed by atoms with E-state index in [1.54, 1.807) is 12.4 Å². The van der Waals surface area contributed by atoms with Gasteiger partial charge in [0.15, 0.2) is 0 Å². The van der Waals surface area contributed by atoms with Crippen LogP contribution in [0.3, 0.4) is 0 Å². The highest BCUT2D eigenvalue weighted by atomic mass is 16.3. The fraction of sp³-hybridized carbons (Fsp3) is 0.545. The highest BCUT2D eigenvalue weighted by Gasteiger charge is 2.10. The number of hydrogen-bond acceptors (Lipinski definition) is 3. The molecule has 0 aliphatic rings. The maximum Gasteiger partial charge on any atom is 0.0918 e. The van der Waals surface area contributed by atoms with Crippen molar-refractivity contribution < 1.29 is 5.11 Å². The van der Waals surface area contributed by atoms with Gasteiger partial charge in [0.25, 0.3) is 0 Å². The Hall–Kier alpha value is -0.930. The van der Waals surface area contributed by atoms with E-state index in [0.29, 0.717) is 6.54 Å². The molecule has 1 N–H and O–H groups in total. The van der Waals surface area contributed by atoms with E-state index >= 15 is 0 Å². The normalized spacial score (nSPS) is 13.1. The summed E-state index contributed by atoms with van der Waals surface area (Å²) in [5, 5.41) is 9.88. The first-order chi connectivity index (χ1) is 6.77. The number of pyridine rings is 1. The van der Waals surface area contributed by atoms with Gasteiger partial charge in [-0.25, -0.2) is 0 Å². The van der Waals surface area contributed by atoms with Gasteiger partial charge in [0.2, 0.25) is 0 Å². The Morgan fingerprint density at radius 3 is 2.36 bits per heavy atom. The summed E-state index contributed by atoms with van der Waals surface area (Å²) in [7, 11) is 0. The fourth-order valence-electron chi connectivity index (χ4n) is 1.42. The minimum Gasteiger partial charge on any atom is -0.387 e. The number of rotatable bonds is 5. The Labute approximate surface area is 85.4 Å². The number of aliphatic hydroxyl groups is 1. The molecule has 78 valence electrons. The summed E-state index contributed by atoms with van der Waals surface area (Å²) >= 11 is 0. The van der Waals surface area contributed by atoms with Gasteiger partial charge in [-0.3, -0.25) is 4.98 Å². The number of likely N-dealkylation sites (N-methyl/N-ethyl adjacent to an activating group) is 1. The van der Waals surface area contributed by atoms with Gasteiger partial charge in [-0.05, 0) is 30.8 Å². The first kappa shape index (κ1) is 11.1. The summed E-state index contributed by atoms with van der Waals surface area (Å²) in [6, 6.07) is 3.71. The third-order valence-corrected chi connectivity index (χ3v) is 2.42. The summed E-state index contributed by atoms with van der Waals surface area (Å²) in [5.41, 5.74) is 0.937. The Kier molecular flexibility index (Phi) is 4.56. The Bertz CT molecular complexity index is 247. The SMILES string of the molecule is CCN(CC)CC(O)c1ccncc1. The maximum atomic E-state index is 9.88. The molecule has 0 aliphatic heterocycles. The third kappa shape index (κ3) is 3.09. The number of hydrogen-bond donors (Lipinski definition) is 1. The average molecular weight is 194 g/mol. The van der Waals surface area contributed by atoms with Gasteiger partial charge in [0.05, 0.1) is 6.10 Å². The molecule has 1 aromatic rings. The van der Waals surface area contributed by atoms with Crippen LogP contribution in [0, 0.1) is 0 Å². The van der Waals surface area contributed by atoms with Crippen molar-refractivity contribution in [2.75, 3.05) is 19.6 Å². The van der Waals surface area contributed by atoms with Gasteiger partial charge < -0.3 is 10.0 Å². The van der Waals surface area contributed by atoms with Crippen molar-refractivity contribution in [2.24, 2.45) is 0 Å². The van der Waals surface area contributed by atoms with Gasteiger partial charge >= 0.3 is 0 Å². The predicted octanol–water partition coefficient (Wildman–Crippen LogP) is 1.46. The van der Waals surface area contributed by atoms with E-state index in [2.05, 4.69) is 23.7 Å². The Balaban J connectivity index is 2.54. The summed E-state index contributed by atoms with van der Waals surface area (Å²) in [4.78, 5) is 6.12. The lowest BCUT2D eigenvalue weighted by molar-refractivity contribution is 0.119. The molecule has 3 heteroatoms. The second kappa shape index (κ2) is 5.73. The number of nitrogens with zero attached hydrogens (tertiary/aromatic N) is 2. The molecular weight excluding hydrogens is 176 g/mol. The van der Waals surface area contributed by atoms with Crippen LogP contribution in [0.25, 0.3) is 0 Å². The molecule has 1 heterocycles. The zero-order valence-corrected chi connectivity index (χ0v) is 8.85. The van der Waals surface area contributed by atoms with Crippen molar-refractivity contribution in [2.45, 2.75) is 20.0 Å². The molecule has 1 atom stereocenters. The van der Waals surface area contributed by atoms with Gasteiger partial charge in [-0.15, -0.1) is 0 Å². The van der Waals surface area contributed by atoms with Gasteiger partial charge in [0, 0.05) is 18.9 Å². The molecule has 0 saturated carbocycles. The molecule has 1 unspecified atom stereocenters. The molecule has 0 aliphatic carbocycles. The minimum absolute atomic E-state index is 0.405. The van der Waals surface area contributed by atoms with Gasteiger partial charge in [-0.2, -0.15) is 0 Å². The molecule has 1 aromatic heterocycles. The van der Waals surface area contributed by atoms with Crippen LogP contribution in [0.2, 0.25) is 0 Å². The molecule has 0 spiro atoms. The largest absolute Gasteiger partial charge is 0.387 e. The highest BCUT2D eigenvalue weighted by Crippen LogP contribution is 2.12. The minimum atomic E-state index is -0.405. The van der Waals surface area contributed by atoms with E-state index in [-0.39, 0.29) is 0 Å². The molecule has 1 rings (SSSR count). The average Bonchev–Trinajstić information content (AvgIpc) is 2.26. The van der Waals surface area contributed by atoms with Crippen molar-refractivity contribution in [1.82, 2.24) is 9.88 Å². The zero-order chi connectivity index (χ0) is 10.4. The topological polar surface area (TPSA) is 36.4 Å². The van der Waals surface area contributed by atoms with E-state index in [4.69, 9.17) is 0 Å². The molecule has 0 fully saturated rings. The van der Waals surface area contributed by atoms with Crippen molar-refractivity contribution >= 4 is 0 Å². The van der Waals surface area contributed by atoms with Crippen LogP contribution in [-0.4, -0.2) is 34.6 Å². The van der Waals surface area contributed by atoms with E-state index in [9.17, 15) is 5.11 Å². The number of aromatic nitrogens is 1. The Morgan fingerprint density at radius 1 is 1.29 bits per heavy atom. The zero-order valence-electron chi connectivity index (χ0n) is 8.85. The molecule has 14 heavy (non-hydrogen) atoms. The molecule has 0 bridgehead atoms. The van der Waals surface area contributed by atoms with Crippen LogP contribution in [-0.2, 0) is 0 Å². The maximum absolute atomic E-state index is 9.88. The summed E-state index contributed by atoms with van der Waals surface area (Å²) in [5.74, 6) is 0. The van der Waals surface area contributed by atoms with Crippen LogP contribution in [0.15, 0.2) is 24.5 Å². The molecule has 0 saturated heterocycles. The molecular formula is C11H18N2O. The smallest absolute Gasteiger partial charge is 0.0918 e. The molecule has 0 aromatic carbocycles. The predicted molar refractivity (Wildman–Crippen MR) is 57.0 cm³/mol. The van der Waals surface area contributed by atoms with Crippen LogP contribution in [0.4, 0.5) is 0 Å². The third-order valence-electron chi connectivity index (χ3n) is 2.42. The van der Waals surface area contributed by atoms with Crippen molar-refractivity contribution in [3.05, 3.63) is 30.1 Å². The lowest BCUT2D eigenvalue weighted by Crippen LogP contribution is -2.28. The second-order valence-electron chi connectivity index (χ2n) is 3.28. The summed E-state index contributed by atoms with van der Waals surface area (Å²) in [6.45, 7) is 6.83. The summed E-state index contributed by atoms with van der Waals surface area (Å²) in [6.07, 6.45) is 3.01. The molecule has 3 nitrogen and oxygen atoms in total. The van der Waals surface area contributed by atoms with E-state index < -0.39 is 6.10 Å². The highest BCUT2D eigenvalue weighted by molar-refractivity contribution is 5.13. The fourth-order valence-corrected chi connectivity index (χ4v) is 1.42. The lowest BCUT2D eigenvalue weighted by atomic mass is 10.1. The quantitative estimate of drug-likeness (QED) is 0.771. The first-order valence-electron chi connectivity index (χ1n) is 5.08. The standard InChI is InChI=1S/C11H18N2O/c1-3-13(4-2)9-11(14)10-5-7-12-8-6-10/h5-8,11,14H,3-4,9H2,1-2H3. The lowest BCUT2D eigenvalue weighted by Gasteiger charge is -2.21. The first-order valence-corrected chi connectivity index (χ1v) is 5.08. The van der Waals surface area contributed by atoms with Crippen LogP contribution in [0.5, 0.6) is 0 Å². The van der Waals surface area contributed by atoms with E-state index in [1.165, 1.54) is 0 Å². The van der Waals surface area contributed by atoms with Crippen molar-refractivity contribution in [3.63, 3.8) is 0 Å². The van der Waals surface area contributed by atoms with Gasteiger partial charge in [0.1, 0.15) is 0 Å². The monoisotopic (exact) mass is 194 g/mol. The Morgan fingerprint density at radius 2 is 1.86 bits per heavy atom. The molecule has 0 radical (unpaired) electrons. The van der Waals surface area contributed by atoms with Crippen LogP contribution < -0.4 is 0 Å². The van der Waals surface area contributed by atoms with E-state index in [0.717, 1.165) is 18.7 Å². The number of aliphatic hydroxyl groups excluding tert-OH is 1. The van der Waals surface area contributed by atoms with Crippen molar-refractivity contribution in [1.29, 1.82) is 0 Å². The molecule has 0 amide bonds. The van der Waals surface area contributed by atoms with Crippen LogP contribution in [0.1, 0.15) is 25.5 Å². The van der Waals surface area contributed by atoms with Crippen LogP contribution >= 0.6 is 0 Å². The van der Waals surface area contributed by atoms with Crippen molar-refractivity contribution in [3.8, 4) is 0 Å². The van der Waals surface area contributed by atoms with E-state index in [1.807, 2.05) is 12.1 Å². The summed E-state index contributed by atoms with van der Waals surface area (Å²) < 4.78 is 0.